The van der Waals surface area contributed by atoms with Crippen molar-refractivity contribution in [3.8, 4) is 5.75 Å². The predicted octanol–water partition coefficient (Wildman–Crippen LogP) is 5.62. The fourth-order valence-electron chi connectivity index (χ4n) is 3.01. The number of hydrazine groups is 1. The number of carbonyl (C=O) groups is 1. The van der Waals surface area contributed by atoms with Crippen LogP contribution in [0, 0.1) is 6.92 Å². The van der Waals surface area contributed by atoms with Crippen LogP contribution in [0.3, 0.4) is 0 Å². The van der Waals surface area contributed by atoms with Crippen molar-refractivity contribution in [2.24, 2.45) is 0 Å². The van der Waals surface area contributed by atoms with Crippen molar-refractivity contribution >= 4 is 5.97 Å². The van der Waals surface area contributed by atoms with Crippen molar-refractivity contribution < 1.29 is 14.3 Å². The van der Waals surface area contributed by atoms with Crippen molar-refractivity contribution in [2.75, 3.05) is 0 Å². The quantitative estimate of drug-likeness (QED) is 0.352. The van der Waals surface area contributed by atoms with Crippen molar-refractivity contribution in [1.82, 2.24) is 10.9 Å². The van der Waals surface area contributed by atoms with E-state index in [9.17, 15) is 4.79 Å². The van der Waals surface area contributed by atoms with Crippen molar-refractivity contribution in [1.29, 1.82) is 0 Å². The average Bonchev–Trinajstić information content (AvgIpc) is 2.69. The van der Waals surface area contributed by atoms with E-state index in [4.69, 9.17) is 9.47 Å². The zero-order chi connectivity index (χ0) is 23.8. The molecule has 0 heterocycles. The molecule has 0 radical (unpaired) electrons. The molecule has 0 fully saturated rings. The molecule has 0 aliphatic rings. The molecular formula is C27H38N2O3. The van der Waals surface area contributed by atoms with Gasteiger partial charge in [-0.2, -0.15) is 0 Å². The molecule has 0 unspecified atom stereocenters. The first-order valence-corrected chi connectivity index (χ1v) is 11.2. The molecule has 2 aromatic rings. The van der Waals surface area contributed by atoms with E-state index in [1.165, 1.54) is 16.7 Å². The van der Waals surface area contributed by atoms with Gasteiger partial charge >= 0.3 is 5.97 Å². The van der Waals surface area contributed by atoms with Crippen molar-refractivity contribution in [3.05, 3.63) is 77.5 Å². The van der Waals surface area contributed by atoms with E-state index in [1.54, 1.807) is 13.8 Å². The summed E-state index contributed by atoms with van der Waals surface area (Å²) in [5, 5.41) is 0. The van der Waals surface area contributed by atoms with Gasteiger partial charge in [0, 0.05) is 12.2 Å². The lowest BCUT2D eigenvalue weighted by molar-refractivity contribution is -0.170. The molecule has 2 rings (SSSR count). The molecule has 0 aliphatic carbocycles. The number of esters is 1. The Hall–Kier alpha value is -2.79. The Balaban J connectivity index is 1.71. The van der Waals surface area contributed by atoms with Crippen LogP contribution in [0.5, 0.6) is 5.75 Å². The van der Waals surface area contributed by atoms with E-state index >= 15 is 0 Å². The van der Waals surface area contributed by atoms with Crippen LogP contribution in [-0.2, 0) is 22.5 Å². The summed E-state index contributed by atoms with van der Waals surface area (Å²) < 4.78 is 11.3. The second-order valence-electron chi connectivity index (χ2n) is 9.68. The summed E-state index contributed by atoms with van der Waals surface area (Å²) in [7, 11) is 0. The monoisotopic (exact) mass is 438 g/mol. The normalized spacial score (nSPS) is 11.7. The van der Waals surface area contributed by atoms with E-state index < -0.39 is 11.2 Å². The molecule has 0 aromatic heterocycles. The van der Waals surface area contributed by atoms with Gasteiger partial charge in [0.05, 0.1) is 0 Å². The summed E-state index contributed by atoms with van der Waals surface area (Å²) in [6, 6.07) is 16.3. The fraction of sp³-hybridized carbons (Fsp3) is 0.444. The molecule has 0 atom stereocenters. The van der Waals surface area contributed by atoms with Gasteiger partial charge in [-0.15, -0.1) is 0 Å². The highest BCUT2D eigenvalue weighted by Crippen LogP contribution is 2.23. The van der Waals surface area contributed by atoms with E-state index in [1.807, 2.05) is 45.0 Å². The zero-order valence-corrected chi connectivity index (χ0v) is 20.4. The minimum Gasteiger partial charge on any atom is -0.476 e. The van der Waals surface area contributed by atoms with Crippen molar-refractivity contribution in [3.63, 3.8) is 0 Å². The summed E-state index contributed by atoms with van der Waals surface area (Å²) in [5.74, 6) is 0.270. The lowest BCUT2D eigenvalue weighted by atomic mass is 10.1. The molecule has 32 heavy (non-hydrogen) atoms. The third-order valence-corrected chi connectivity index (χ3v) is 4.81. The van der Waals surface area contributed by atoms with E-state index in [2.05, 4.69) is 48.6 Å². The summed E-state index contributed by atoms with van der Waals surface area (Å²) in [6.45, 7) is 15.9. The highest BCUT2D eigenvalue weighted by Gasteiger charge is 2.34. The van der Waals surface area contributed by atoms with Gasteiger partial charge in [-0.1, -0.05) is 48.5 Å². The van der Waals surface area contributed by atoms with Gasteiger partial charge < -0.3 is 14.9 Å². The molecule has 0 saturated carbocycles. The van der Waals surface area contributed by atoms with Gasteiger partial charge in [0.25, 0.3) is 0 Å². The third kappa shape index (κ3) is 9.15. The van der Waals surface area contributed by atoms with Gasteiger partial charge in [0.1, 0.15) is 11.4 Å². The first kappa shape index (κ1) is 25.5. The van der Waals surface area contributed by atoms with Crippen LogP contribution >= 0.6 is 0 Å². The van der Waals surface area contributed by atoms with Gasteiger partial charge in [0.15, 0.2) is 5.60 Å². The second-order valence-corrected chi connectivity index (χ2v) is 9.68. The maximum Gasteiger partial charge on any atom is 0.350 e. The van der Waals surface area contributed by atoms with E-state index in [-0.39, 0.29) is 5.97 Å². The van der Waals surface area contributed by atoms with Crippen LogP contribution in [0.4, 0.5) is 0 Å². The first-order valence-electron chi connectivity index (χ1n) is 11.2. The Bertz CT molecular complexity index is 879. The van der Waals surface area contributed by atoms with E-state index in [0.717, 1.165) is 31.5 Å². The Kier molecular flexibility index (Phi) is 8.90. The van der Waals surface area contributed by atoms with Crippen LogP contribution < -0.4 is 15.6 Å². The highest BCUT2D eigenvalue weighted by molar-refractivity contribution is 5.79. The average molecular weight is 439 g/mol. The number of hydrogen-bond acceptors (Lipinski definition) is 5. The van der Waals surface area contributed by atoms with Crippen molar-refractivity contribution in [2.45, 2.75) is 78.6 Å². The van der Waals surface area contributed by atoms with Gasteiger partial charge in [0.2, 0.25) is 0 Å². The maximum atomic E-state index is 12.4. The number of rotatable bonds is 11. The highest BCUT2D eigenvalue weighted by atomic mass is 16.6. The number of benzene rings is 2. The molecule has 0 spiro atoms. The first-order chi connectivity index (χ1) is 14.9. The Morgan fingerprint density at radius 2 is 1.53 bits per heavy atom. The number of carbonyl (C=O) groups excluding carboxylic acids is 1. The predicted molar refractivity (Wildman–Crippen MR) is 130 cm³/mol. The molecule has 2 aromatic carbocycles. The maximum absolute atomic E-state index is 12.4. The summed E-state index contributed by atoms with van der Waals surface area (Å²) in [5.41, 5.74) is 9.48. The lowest BCUT2D eigenvalue weighted by Gasteiger charge is -2.29. The zero-order valence-electron chi connectivity index (χ0n) is 20.4. The summed E-state index contributed by atoms with van der Waals surface area (Å²) >= 11 is 0. The number of nitrogens with one attached hydrogen (secondary N) is 2. The molecule has 174 valence electrons. The second kappa shape index (κ2) is 11.2. The van der Waals surface area contributed by atoms with E-state index in [0.29, 0.717) is 5.75 Å². The number of hydrogen-bond donors (Lipinski definition) is 2. The summed E-state index contributed by atoms with van der Waals surface area (Å²) in [4.78, 5) is 12.4. The number of ether oxygens (including phenoxy) is 2. The summed E-state index contributed by atoms with van der Waals surface area (Å²) in [6.07, 6.45) is 2.81. The Labute approximate surface area is 193 Å². The molecular weight excluding hydrogens is 400 g/mol. The molecule has 0 bridgehead atoms. The molecule has 0 aliphatic heterocycles. The topological polar surface area (TPSA) is 59.6 Å². The SMILES string of the molecule is C=C(CCCc1ccc(OC(C)(C)C(=O)OC(C)(C)C)cc1)NNCc1ccc(C)cc1. The Morgan fingerprint density at radius 1 is 0.938 bits per heavy atom. The molecule has 5 heteroatoms. The van der Waals surface area contributed by atoms with Crippen LogP contribution in [-0.4, -0.2) is 17.2 Å². The fourth-order valence-corrected chi connectivity index (χ4v) is 3.01. The van der Waals surface area contributed by atoms with Crippen LogP contribution in [0.25, 0.3) is 0 Å². The number of aryl methyl sites for hydroxylation is 2. The van der Waals surface area contributed by atoms with Gasteiger partial charge in [-0.05, 0) is 84.1 Å². The standard InChI is InChI=1S/C27H38N2O3/c1-20-11-13-23(14-12-20)19-28-29-21(2)9-8-10-22-15-17-24(18-16-22)31-27(6,7)25(30)32-26(3,4)5/h11-18,28-29H,2,8-10,19H2,1,3-7H3. The minimum absolute atomic E-state index is 0.379. The smallest absolute Gasteiger partial charge is 0.350 e. The third-order valence-electron chi connectivity index (χ3n) is 4.81. The van der Waals surface area contributed by atoms with Gasteiger partial charge in [-0.25, -0.2) is 10.2 Å². The largest absolute Gasteiger partial charge is 0.476 e. The molecule has 5 nitrogen and oxygen atoms in total. The lowest BCUT2D eigenvalue weighted by Crippen LogP contribution is -2.43. The van der Waals surface area contributed by atoms with Crippen LogP contribution in [0.1, 0.15) is 64.2 Å². The molecule has 2 N–H and O–H groups in total. The van der Waals surface area contributed by atoms with Crippen LogP contribution in [0.15, 0.2) is 60.8 Å². The van der Waals surface area contributed by atoms with Crippen LogP contribution in [0.2, 0.25) is 0 Å². The molecule has 0 saturated heterocycles. The number of allylic oxidation sites excluding steroid dienone is 1. The molecule has 0 amide bonds. The Morgan fingerprint density at radius 3 is 2.12 bits per heavy atom. The minimum atomic E-state index is -1.05. The van der Waals surface area contributed by atoms with Gasteiger partial charge in [-0.3, -0.25) is 0 Å².